The van der Waals surface area contributed by atoms with Crippen molar-refractivity contribution in [1.29, 1.82) is 0 Å². The van der Waals surface area contributed by atoms with Gasteiger partial charge in [-0.2, -0.15) is 0 Å². The van der Waals surface area contributed by atoms with E-state index in [-0.39, 0.29) is 31.0 Å². The van der Waals surface area contributed by atoms with Gasteiger partial charge in [-0.3, -0.25) is 9.59 Å². The van der Waals surface area contributed by atoms with Gasteiger partial charge >= 0.3 is 0 Å². The van der Waals surface area contributed by atoms with Crippen molar-refractivity contribution in [3.8, 4) is 5.75 Å². The number of carbonyl (C=O) groups is 2. The molecule has 134 valence electrons. The first-order valence-electron chi connectivity index (χ1n) is 8.25. The van der Waals surface area contributed by atoms with E-state index in [1.165, 1.54) is 0 Å². The van der Waals surface area contributed by atoms with E-state index in [9.17, 15) is 9.59 Å². The Balaban J connectivity index is 2.31. The van der Waals surface area contributed by atoms with Crippen LogP contribution in [-0.4, -0.2) is 56.5 Å². The van der Waals surface area contributed by atoms with Crippen LogP contribution in [0.4, 0.5) is 0 Å². The molecule has 0 aliphatic carbocycles. The third kappa shape index (κ3) is 9.15. The van der Waals surface area contributed by atoms with E-state index in [1.807, 2.05) is 37.2 Å². The number of nitrogens with zero attached hydrogens (tertiary/aromatic N) is 1. The fourth-order valence-corrected chi connectivity index (χ4v) is 2.36. The number of benzene rings is 1. The fourth-order valence-electron chi connectivity index (χ4n) is 2.36. The zero-order valence-corrected chi connectivity index (χ0v) is 15.0. The van der Waals surface area contributed by atoms with Crippen LogP contribution in [0.5, 0.6) is 5.75 Å². The van der Waals surface area contributed by atoms with Crippen LogP contribution in [0.3, 0.4) is 0 Å². The maximum absolute atomic E-state index is 12.0. The summed E-state index contributed by atoms with van der Waals surface area (Å²) in [4.78, 5) is 25.8. The fraction of sp³-hybridized carbons (Fsp3) is 0.556. The van der Waals surface area contributed by atoms with E-state index in [1.54, 1.807) is 12.1 Å². The molecule has 6 heteroatoms. The van der Waals surface area contributed by atoms with Crippen molar-refractivity contribution in [2.24, 2.45) is 5.92 Å². The Morgan fingerprint density at radius 1 is 1.12 bits per heavy atom. The molecular formula is C18H29N3O3. The Kier molecular flexibility index (Phi) is 8.86. The van der Waals surface area contributed by atoms with Crippen molar-refractivity contribution >= 4 is 11.8 Å². The predicted molar refractivity (Wildman–Crippen MR) is 94.9 cm³/mol. The average molecular weight is 335 g/mol. The minimum Gasteiger partial charge on any atom is -0.484 e. The average Bonchev–Trinajstić information content (AvgIpc) is 2.50. The zero-order chi connectivity index (χ0) is 17.9. The molecule has 0 fully saturated rings. The normalized spacial score (nSPS) is 12.1. The standard InChI is InChI=1S/C18H29N3O3/c1-14(2)10-15(12-21(3)4)20-17(22)11-19-18(23)13-24-16-8-6-5-7-9-16/h5-9,14-15H,10-13H2,1-4H3,(H,19,23)(H,20,22). The van der Waals surface area contributed by atoms with Crippen LogP contribution in [0, 0.1) is 5.92 Å². The predicted octanol–water partition coefficient (Wildman–Crippen LogP) is 1.27. The summed E-state index contributed by atoms with van der Waals surface area (Å²) in [7, 11) is 3.95. The highest BCUT2D eigenvalue weighted by Crippen LogP contribution is 2.07. The molecule has 0 aliphatic rings. The summed E-state index contributed by atoms with van der Waals surface area (Å²) in [5.74, 6) is 0.613. The summed E-state index contributed by atoms with van der Waals surface area (Å²) >= 11 is 0. The molecule has 1 aromatic carbocycles. The molecule has 0 saturated carbocycles. The number of hydrogen-bond acceptors (Lipinski definition) is 4. The Labute approximate surface area is 144 Å². The molecule has 0 saturated heterocycles. The van der Waals surface area contributed by atoms with Gasteiger partial charge < -0.3 is 20.3 Å². The molecule has 2 amide bonds. The Morgan fingerprint density at radius 3 is 2.38 bits per heavy atom. The quantitative estimate of drug-likeness (QED) is 0.676. The van der Waals surface area contributed by atoms with Gasteiger partial charge in [0, 0.05) is 12.6 Å². The van der Waals surface area contributed by atoms with Crippen molar-refractivity contribution in [2.45, 2.75) is 26.3 Å². The minimum atomic E-state index is -0.318. The molecule has 1 aromatic rings. The molecule has 1 atom stereocenters. The Bertz CT molecular complexity index is 493. The minimum absolute atomic E-state index is 0.0427. The lowest BCUT2D eigenvalue weighted by Crippen LogP contribution is -2.47. The lowest BCUT2D eigenvalue weighted by molar-refractivity contribution is -0.127. The molecule has 1 rings (SSSR count). The Morgan fingerprint density at radius 2 is 1.79 bits per heavy atom. The molecule has 2 N–H and O–H groups in total. The molecule has 0 aliphatic heterocycles. The highest BCUT2D eigenvalue weighted by atomic mass is 16.5. The lowest BCUT2D eigenvalue weighted by atomic mass is 10.0. The van der Waals surface area contributed by atoms with Crippen LogP contribution >= 0.6 is 0 Å². The molecule has 0 radical (unpaired) electrons. The van der Waals surface area contributed by atoms with Gasteiger partial charge in [-0.1, -0.05) is 32.0 Å². The Hall–Kier alpha value is -2.08. The van der Waals surface area contributed by atoms with Crippen molar-refractivity contribution in [2.75, 3.05) is 33.8 Å². The zero-order valence-electron chi connectivity index (χ0n) is 15.0. The first-order chi connectivity index (χ1) is 11.4. The summed E-state index contributed by atoms with van der Waals surface area (Å²) in [6.45, 7) is 4.87. The second-order valence-corrected chi connectivity index (χ2v) is 6.53. The third-order valence-electron chi connectivity index (χ3n) is 3.27. The molecule has 0 spiro atoms. The van der Waals surface area contributed by atoms with Crippen molar-refractivity contribution in [3.63, 3.8) is 0 Å². The van der Waals surface area contributed by atoms with E-state index in [2.05, 4.69) is 24.5 Å². The topological polar surface area (TPSA) is 70.7 Å². The lowest BCUT2D eigenvalue weighted by Gasteiger charge is -2.24. The number of carbonyl (C=O) groups excluding carboxylic acids is 2. The molecule has 0 aromatic heterocycles. The SMILES string of the molecule is CC(C)CC(CN(C)C)NC(=O)CNC(=O)COc1ccccc1. The van der Waals surface area contributed by atoms with Gasteiger partial charge in [-0.15, -0.1) is 0 Å². The number of nitrogens with one attached hydrogen (secondary N) is 2. The van der Waals surface area contributed by atoms with Crippen LogP contribution < -0.4 is 15.4 Å². The van der Waals surface area contributed by atoms with Crippen LogP contribution in [0.15, 0.2) is 30.3 Å². The van der Waals surface area contributed by atoms with Gasteiger partial charge in [0.05, 0.1) is 6.54 Å². The van der Waals surface area contributed by atoms with Gasteiger partial charge in [0.1, 0.15) is 5.75 Å². The number of likely N-dealkylation sites (N-methyl/N-ethyl adjacent to an activating group) is 1. The molecule has 1 unspecified atom stereocenters. The van der Waals surface area contributed by atoms with Crippen LogP contribution in [-0.2, 0) is 9.59 Å². The number of para-hydroxylation sites is 1. The maximum atomic E-state index is 12.0. The first-order valence-corrected chi connectivity index (χ1v) is 8.25. The first kappa shape index (κ1) is 20.0. The summed E-state index contributed by atoms with van der Waals surface area (Å²) in [6.07, 6.45) is 0.898. The second-order valence-electron chi connectivity index (χ2n) is 6.53. The van der Waals surface area contributed by atoms with Gasteiger partial charge in [0.2, 0.25) is 5.91 Å². The van der Waals surface area contributed by atoms with E-state index in [4.69, 9.17) is 4.74 Å². The van der Waals surface area contributed by atoms with Crippen molar-refractivity contribution in [1.82, 2.24) is 15.5 Å². The summed E-state index contributed by atoms with van der Waals surface area (Å²) in [5.41, 5.74) is 0. The monoisotopic (exact) mass is 335 g/mol. The highest BCUT2D eigenvalue weighted by Gasteiger charge is 2.15. The molecule has 0 heterocycles. The van der Waals surface area contributed by atoms with Crippen molar-refractivity contribution in [3.05, 3.63) is 30.3 Å². The molecule has 6 nitrogen and oxygen atoms in total. The van der Waals surface area contributed by atoms with E-state index in [0.29, 0.717) is 11.7 Å². The van der Waals surface area contributed by atoms with Gasteiger partial charge in [0.25, 0.3) is 5.91 Å². The van der Waals surface area contributed by atoms with Crippen molar-refractivity contribution < 1.29 is 14.3 Å². The van der Waals surface area contributed by atoms with E-state index in [0.717, 1.165) is 13.0 Å². The number of hydrogen-bond donors (Lipinski definition) is 2. The molecule has 24 heavy (non-hydrogen) atoms. The highest BCUT2D eigenvalue weighted by molar-refractivity contribution is 5.85. The summed E-state index contributed by atoms with van der Waals surface area (Å²) < 4.78 is 5.34. The summed E-state index contributed by atoms with van der Waals surface area (Å²) in [5, 5.41) is 5.55. The summed E-state index contributed by atoms with van der Waals surface area (Å²) in [6, 6.07) is 9.17. The van der Waals surface area contributed by atoms with Crippen LogP contribution in [0.2, 0.25) is 0 Å². The van der Waals surface area contributed by atoms with Crippen LogP contribution in [0.25, 0.3) is 0 Å². The third-order valence-corrected chi connectivity index (χ3v) is 3.27. The van der Waals surface area contributed by atoms with Gasteiger partial charge in [-0.25, -0.2) is 0 Å². The maximum Gasteiger partial charge on any atom is 0.258 e. The van der Waals surface area contributed by atoms with Gasteiger partial charge in [0.15, 0.2) is 6.61 Å². The van der Waals surface area contributed by atoms with Crippen LogP contribution in [0.1, 0.15) is 20.3 Å². The molecule has 0 bridgehead atoms. The van der Waals surface area contributed by atoms with Gasteiger partial charge in [-0.05, 0) is 38.6 Å². The van der Waals surface area contributed by atoms with E-state index < -0.39 is 0 Å². The van der Waals surface area contributed by atoms with E-state index >= 15 is 0 Å². The number of rotatable bonds is 10. The second kappa shape index (κ2) is 10.6. The largest absolute Gasteiger partial charge is 0.484 e. The molecular weight excluding hydrogens is 306 g/mol. The smallest absolute Gasteiger partial charge is 0.258 e. The number of amides is 2. The number of ether oxygens (including phenoxy) is 1.